The van der Waals surface area contributed by atoms with Crippen LogP contribution in [0.2, 0.25) is 0 Å². The fourth-order valence-electron chi connectivity index (χ4n) is 1.24. The van der Waals surface area contributed by atoms with Gasteiger partial charge in [-0.25, -0.2) is 9.78 Å². The molecule has 0 unspecified atom stereocenters. The largest absolute Gasteiger partial charge is 0.478 e. The fourth-order valence-corrected chi connectivity index (χ4v) is 1.24. The Morgan fingerprint density at radius 3 is 3.06 bits per heavy atom. The van der Waals surface area contributed by atoms with E-state index >= 15 is 0 Å². The van der Waals surface area contributed by atoms with E-state index in [0.717, 1.165) is 0 Å². The number of carboxylic acids is 1. The monoisotopic (exact) mass is 234 g/mol. The second-order valence-corrected chi connectivity index (χ2v) is 3.32. The number of pyridine rings is 1. The summed E-state index contributed by atoms with van der Waals surface area (Å²) >= 11 is 0. The van der Waals surface area contributed by atoms with Crippen LogP contribution in [0.1, 0.15) is 22.1 Å². The third kappa shape index (κ3) is 2.77. The van der Waals surface area contributed by atoms with Gasteiger partial charge < -0.3 is 14.9 Å². The van der Waals surface area contributed by atoms with Gasteiger partial charge in [0.05, 0.1) is 12.1 Å². The highest BCUT2D eigenvalue weighted by atomic mass is 16.5. The molecule has 88 valence electrons. The summed E-state index contributed by atoms with van der Waals surface area (Å²) in [6.07, 6.45) is 1.42. The maximum atomic E-state index is 10.7. The van der Waals surface area contributed by atoms with Gasteiger partial charge >= 0.3 is 5.97 Å². The highest BCUT2D eigenvalue weighted by Gasteiger charge is 2.06. The zero-order chi connectivity index (χ0) is 12.3. The number of anilines is 1. The van der Waals surface area contributed by atoms with Crippen molar-refractivity contribution in [2.24, 2.45) is 0 Å². The summed E-state index contributed by atoms with van der Waals surface area (Å²) in [5, 5.41) is 15.3. The standard InChI is InChI=1S/C10H10N4O3/c1-6-13-9(17-14-6)5-12-8-4-7(10(15)16)2-3-11-8/h2-4H,5H2,1H3,(H,11,12)(H,15,16). The van der Waals surface area contributed by atoms with Gasteiger partial charge in [0.1, 0.15) is 5.82 Å². The van der Waals surface area contributed by atoms with Gasteiger partial charge in [-0.3, -0.25) is 0 Å². The van der Waals surface area contributed by atoms with Crippen molar-refractivity contribution in [1.82, 2.24) is 15.1 Å². The Labute approximate surface area is 96.5 Å². The molecule has 0 saturated carbocycles. The topological polar surface area (TPSA) is 101 Å². The molecule has 17 heavy (non-hydrogen) atoms. The molecule has 0 atom stereocenters. The number of aromatic nitrogens is 3. The van der Waals surface area contributed by atoms with Crippen molar-refractivity contribution in [2.75, 3.05) is 5.32 Å². The second kappa shape index (κ2) is 4.60. The van der Waals surface area contributed by atoms with E-state index in [1.54, 1.807) is 6.92 Å². The van der Waals surface area contributed by atoms with Crippen LogP contribution in [0.3, 0.4) is 0 Å². The van der Waals surface area contributed by atoms with Gasteiger partial charge in [-0.05, 0) is 19.1 Å². The highest BCUT2D eigenvalue weighted by Crippen LogP contribution is 2.08. The van der Waals surface area contributed by atoms with Crippen LogP contribution in [-0.2, 0) is 6.54 Å². The molecular formula is C10H10N4O3. The van der Waals surface area contributed by atoms with E-state index in [9.17, 15) is 4.79 Å². The summed E-state index contributed by atoms with van der Waals surface area (Å²) in [7, 11) is 0. The third-order valence-corrected chi connectivity index (χ3v) is 2.00. The maximum absolute atomic E-state index is 10.7. The Bertz CT molecular complexity index is 538. The number of nitrogens with zero attached hydrogens (tertiary/aromatic N) is 3. The number of carbonyl (C=O) groups is 1. The number of nitrogens with one attached hydrogen (secondary N) is 1. The Balaban J connectivity index is 2.04. The van der Waals surface area contributed by atoms with E-state index in [-0.39, 0.29) is 5.56 Å². The summed E-state index contributed by atoms with van der Waals surface area (Å²) in [5.41, 5.74) is 0.171. The molecule has 0 radical (unpaired) electrons. The van der Waals surface area contributed by atoms with Crippen LogP contribution in [-0.4, -0.2) is 26.2 Å². The first kappa shape index (κ1) is 11.1. The van der Waals surface area contributed by atoms with E-state index in [2.05, 4.69) is 20.4 Å². The first-order valence-corrected chi connectivity index (χ1v) is 4.87. The third-order valence-electron chi connectivity index (χ3n) is 2.00. The molecule has 0 aromatic carbocycles. The molecule has 0 aliphatic carbocycles. The minimum atomic E-state index is -0.996. The quantitative estimate of drug-likeness (QED) is 0.816. The molecule has 2 rings (SSSR count). The molecule has 2 aromatic rings. The van der Waals surface area contributed by atoms with Gasteiger partial charge in [0, 0.05) is 6.20 Å². The summed E-state index contributed by atoms with van der Waals surface area (Å²) in [5.74, 6) is 0.420. The lowest BCUT2D eigenvalue weighted by molar-refractivity contribution is 0.0697. The molecule has 0 spiro atoms. The number of rotatable bonds is 4. The van der Waals surface area contributed by atoms with Gasteiger partial charge in [0.15, 0.2) is 5.82 Å². The number of hydrogen-bond donors (Lipinski definition) is 2. The first-order valence-electron chi connectivity index (χ1n) is 4.87. The molecule has 0 saturated heterocycles. The Morgan fingerprint density at radius 1 is 1.59 bits per heavy atom. The van der Waals surface area contributed by atoms with Crippen molar-refractivity contribution in [1.29, 1.82) is 0 Å². The molecule has 0 aliphatic heterocycles. The van der Waals surface area contributed by atoms with Crippen molar-refractivity contribution in [2.45, 2.75) is 13.5 Å². The summed E-state index contributed by atoms with van der Waals surface area (Å²) in [4.78, 5) is 18.7. The minimum absolute atomic E-state index is 0.171. The smallest absolute Gasteiger partial charge is 0.335 e. The number of aryl methyl sites for hydroxylation is 1. The fraction of sp³-hybridized carbons (Fsp3) is 0.200. The van der Waals surface area contributed by atoms with Crippen LogP contribution in [0.15, 0.2) is 22.9 Å². The lowest BCUT2D eigenvalue weighted by Crippen LogP contribution is -2.04. The molecule has 7 heteroatoms. The molecule has 2 heterocycles. The number of aromatic carboxylic acids is 1. The molecule has 0 bridgehead atoms. The summed E-state index contributed by atoms with van der Waals surface area (Å²) in [6, 6.07) is 2.86. The molecule has 0 aliphatic rings. The van der Waals surface area contributed by atoms with Crippen LogP contribution >= 0.6 is 0 Å². The van der Waals surface area contributed by atoms with Gasteiger partial charge in [0.2, 0.25) is 5.89 Å². The van der Waals surface area contributed by atoms with Gasteiger partial charge in [-0.1, -0.05) is 5.16 Å². The van der Waals surface area contributed by atoms with Crippen molar-refractivity contribution < 1.29 is 14.4 Å². The molecule has 2 aromatic heterocycles. The predicted molar refractivity (Wildman–Crippen MR) is 57.6 cm³/mol. The van der Waals surface area contributed by atoms with Crippen molar-refractivity contribution in [3.8, 4) is 0 Å². The minimum Gasteiger partial charge on any atom is -0.478 e. The molecule has 7 nitrogen and oxygen atoms in total. The first-order chi connectivity index (χ1) is 8.15. The van der Waals surface area contributed by atoms with Crippen LogP contribution in [0.25, 0.3) is 0 Å². The normalized spacial score (nSPS) is 10.2. The van der Waals surface area contributed by atoms with E-state index < -0.39 is 5.97 Å². The SMILES string of the molecule is Cc1noc(CNc2cc(C(=O)O)ccn2)n1. The van der Waals surface area contributed by atoms with E-state index in [1.807, 2.05) is 0 Å². The Morgan fingerprint density at radius 2 is 2.41 bits per heavy atom. The Hall–Kier alpha value is -2.44. The molecule has 2 N–H and O–H groups in total. The number of hydrogen-bond acceptors (Lipinski definition) is 6. The van der Waals surface area contributed by atoms with Crippen molar-refractivity contribution >= 4 is 11.8 Å². The van der Waals surface area contributed by atoms with Crippen LogP contribution in [0.5, 0.6) is 0 Å². The van der Waals surface area contributed by atoms with E-state index in [4.69, 9.17) is 9.63 Å². The van der Waals surface area contributed by atoms with Gasteiger partial charge in [0.25, 0.3) is 0 Å². The summed E-state index contributed by atoms with van der Waals surface area (Å²) < 4.78 is 4.90. The van der Waals surface area contributed by atoms with Crippen LogP contribution in [0, 0.1) is 6.92 Å². The second-order valence-electron chi connectivity index (χ2n) is 3.32. The molecule has 0 fully saturated rings. The zero-order valence-electron chi connectivity index (χ0n) is 9.04. The summed E-state index contributed by atoms with van der Waals surface area (Å²) in [6.45, 7) is 2.02. The highest BCUT2D eigenvalue weighted by molar-refractivity contribution is 5.88. The van der Waals surface area contributed by atoms with Gasteiger partial charge in [-0.15, -0.1) is 0 Å². The van der Waals surface area contributed by atoms with Crippen molar-refractivity contribution in [3.63, 3.8) is 0 Å². The maximum Gasteiger partial charge on any atom is 0.335 e. The van der Waals surface area contributed by atoms with E-state index in [0.29, 0.717) is 24.1 Å². The van der Waals surface area contributed by atoms with Crippen LogP contribution < -0.4 is 5.32 Å². The van der Waals surface area contributed by atoms with Crippen molar-refractivity contribution in [3.05, 3.63) is 35.6 Å². The van der Waals surface area contributed by atoms with Crippen LogP contribution in [0.4, 0.5) is 5.82 Å². The zero-order valence-corrected chi connectivity index (χ0v) is 9.04. The number of carboxylic acid groups (broad SMARTS) is 1. The molecule has 0 amide bonds. The lowest BCUT2D eigenvalue weighted by Gasteiger charge is -2.02. The van der Waals surface area contributed by atoms with Gasteiger partial charge in [-0.2, -0.15) is 4.98 Å². The average Bonchev–Trinajstić information content (AvgIpc) is 2.73. The Kier molecular flexibility index (Phi) is 2.99. The predicted octanol–water partition coefficient (Wildman–Crippen LogP) is 1.08. The average molecular weight is 234 g/mol. The van der Waals surface area contributed by atoms with E-state index in [1.165, 1.54) is 18.3 Å². The molecular weight excluding hydrogens is 224 g/mol. The lowest BCUT2D eigenvalue weighted by atomic mass is 10.2.